The summed E-state index contributed by atoms with van der Waals surface area (Å²) in [6.07, 6.45) is 7.32. The van der Waals surface area contributed by atoms with Gasteiger partial charge in [-0.1, -0.05) is 19.3 Å². The fourth-order valence-electron chi connectivity index (χ4n) is 2.76. The molecule has 4 nitrogen and oxygen atoms in total. The molecule has 0 spiro atoms. The number of rotatable bonds is 8. The zero-order valence-corrected chi connectivity index (χ0v) is 12.9. The number of carbonyl (C=O) groups excluding carboxylic acids is 1. The zero-order valence-electron chi connectivity index (χ0n) is 12.1. The highest BCUT2D eigenvalue weighted by Gasteiger charge is 2.29. The van der Waals surface area contributed by atoms with Gasteiger partial charge in [0, 0.05) is 19.3 Å². The Morgan fingerprint density at radius 1 is 1.26 bits per heavy atom. The van der Waals surface area contributed by atoms with Crippen molar-refractivity contribution in [1.29, 1.82) is 0 Å². The lowest BCUT2D eigenvalue weighted by atomic mass is 9.83. The minimum atomic E-state index is -2.98. The second-order valence-electron chi connectivity index (χ2n) is 5.47. The Hall–Kier alpha value is -0.420. The monoisotopic (exact) mass is 290 g/mol. The second kappa shape index (κ2) is 8.00. The van der Waals surface area contributed by atoms with Gasteiger partial charge in [-0.15, -0.1) is 0 Å². The first kappa shape index (κ1) is 16.6. The Morgan fingerprint density at radius 3 is 2.42 bits per heavy atom. The summed E-state index contributed by atoms with van der Waals surface area (Å²) in [7, 11) is -2.98. The van der Waals surface area contributed by atoms with Gasteiger partial charge in [0.1, 0.15) is 15.9 Å². The van der Waals surface area contributed by atoms with Crippen LogP contribution in [0.1, 0.15) is 51.9 Å². The molecule has 5 heteroatoms. The Kier molecular flexibility index (Phi) is 7.00. The van der Waals surface area contributed by atoms with E-state index in [1.807, 2.05) is 6.92 Å². The third-order valence-electron chi connectivity index (χ3n) is 3.68. The van der Waals surface area contributed by atoms with Crippen molar-refractivity contribution >= 4 is 15.6 Å². The number of ketones is 1. The summed E-state index contributed by atoms with van der Waals surface area (Å²) in [5.41, 5.74) is 0. The molecule has 0 aliphatic heterocycles. The number of sulfone groups is 1. The third-order valence-corrected chi connectivity index (χ3v) is 4.71. The fourth-order valence-corrected chi connectivity index (χ4v) is 3.43. The molecule has 0 aromatic heterocycles. The van der Waals surface area contributed by atoms with Crippen molar-refractivity contribution in [3.63, 3.8) is 0 Å². The maximum atomic E-state index is 12.2. The van der Waals surface area contributed by atoms with Gasteiger partial charge in [-0.2, -0.15) is 0 Å². The van der Waals surface area contributed by atoms with E-state index >= 15 is 0 Å². The maximum Gasteiger partial charge on any atom is 0.161 e. The molecule has 1 atom stereocenters. The van der Waals surface area contributed by atoms with Crippen molar-refractivity contribution in [3.8, 4) is 0 Å². The summed E-state index contributed by atoms with van der Waals surface area (Å²) >= 11 is 0. The molecule has 1 aliphatic rings. The van der Waals surface area contributed by atoms with E-state index in [2.05, 4.69) is 0 Å². The highest BCUT2D eigenvalue weighted by Crippen LogP contribution is 2.29. The number of carbonyl (C=O) groups is 1. The Balaban J connectivity index is 2.47. The molecule has 1 aliphatic carbocycles. The van der Waals surface area contributed by atoms with Gasteiger partial charge in [0.15, 0.2) is 5.78 Å². The van der Waals surface area contributed by atoms with E-state index in [9.17, 15) is 13.2 Å². The first-order valence-corrected chi connectivity index (χ1v) is 9.32. The van der Waals surface area contributed by atoms with Crippen LogP contribution >= 0.6 is 0 Å². The lowest BCUT2D eigenvalue weighted by Crippen LogP contribution is -2.34. The van der Waals surface area contributed by atoms with E-state index in [1.54, 1.807) is 0 Å². The van der Waals surface area contributed by atoms with E-state index in [0.717, 1.165) is 12.8 Å². The number of hydrogen-bond donors (Lipinski definition) is 0. The molecule has 112 valence electrons. The highest BCUT2D eigenvalue weighted by molar-refractivity contribution is 7.90. The van der Waals surface area contributed by atoms with Gasteiger partial charge in [0.05, 0.1) is 5.75 Å². The molecule has 1 unspecified atom stereocenters. The van der Waals surface area contributed by atoms with Crippen LogP contribution in [-0.4, -0.2) is 38.9 Å². The van der Waals surface area contributed by atoms with Crippen LogP contribution in [0.3, 0.4) is 0 Å². The number of Topliss-reactive ketones (excluding diaryl/α,β-unsaturated/α-hetero) is 1. The molecule has 0 N–H and O–H groups in total. The average Bonchev–Trinajstić information content (AvgIpc) is 2.35. The molecule has 0 saturated heterocycles. The topological polar surface area (TPSA) is 60.4 Å². The first-order chi connectivity index (χ1) is 8.94. The molecule has 0 amide bonds. The number of ether oxygens (including phenoxy) is 1. The van der Waals surface area contributed by atoms with Crippen LogP contribution in [-0.2, 0) is 19.4 Å². The van der Waals surface area contributed by atoms with Gasteiger partial charge in [-0.3, -0.25) is 4.79 Å². The van der Waals surface area contributed by atoms with Crippen LogP contribution in [0.15, 0.2) is 0 Å². The van der Waals surface area contributed by atoms with E-state index in [4.69, 9.17) is 4.74 Å². The molecular weight excluding hydrogens is 264 g/mol. The van der Waals surface area contributed by atoms with Crippen LogP contribution < -0.4 is 0 Å². The molecule has 0 radical (unpaired) electrons. The summed E-state index contributed by atoms with van der Waals surface area (Å²) in [6, 6.07) is 0. The van der Waals surface area contributed by atoms with E-state index in [-0.39, 0.29) is 17.6 Å². The summed E-state index contributed by atoms with van der Waals surface area (Å²) in [4.78, 5) is 12.2. The Bertz CT molecular complexity index is 369. The second-order valence-corrected chi connectivity index (χ2v) is 7.73. The van der Waals surface area contributed by atoms with Crippen LogP contribution in [0.25, 0.3) is 0 Å². The molecule has 0 bridgehead atoms. The van der Waals surface area contributed by atoms with Crippen LogP contribution in [0, 0.1) is 5.92 Å². The van der Waals surface area contributed by atoms with Crippen molar-refractivity contribution in [1.82, 2.24) is 0 Å². The van der Waals surface area contributed by atoms with Gasteiger partial charge in [0.25, 0.3) is 0 Å². The standard InChI is InChI=1S/C14H26O4S/c1-3-18-14(12-8-5-4-6-9-12)13(15)10-7-11-19(2,16)17/h12,14H,3-11H2,1-2H3. The minimum absolute atomic E-state index is 0.0809. The predicted octanol–water partition coefficient (Wildman–Crippen LogP) is 2.37. The molecule has 1 rings (SSSR count). The van der Waals surface area contributed by atoms with Gasteiger partial charge in [-0.05, 0) is 32.1 Å². The van der Waals surface area contributed by atoms with Crippen molar-refractivity contribution in [2.45, 2.75) is 58.0 Å². The van der Waals surface area contributed by atoms with Gasteiger partial charge in [-0.25, -0.2) is 8.42 Å². The molecular formula is C14H26O4S. The minimum Gasteiger partial charge on any atom is -0.370 e. The lowest BCUT2D eigenvalue weighted by Gasteiger charge is -2.29. The summed E-state index contributed by atoms with van der Waals surface area (Å²) in [5.74, 6) is 0.499. The molecule has 0 heterocycles. The lowest BCUT2D eigenvalue weighted by molar-refractivity contribution is -0.134. The van der Waals surface area contributed by atoms with E-state index < -0.39 is 9.84 Å². The molecule has 0 aromatic rings. The smallest absolute Gasteiger partial charge is 0.161 e. The van der Waals surface area contributed by atoms with Crippen LogP contribution in [0.4, 0.5) is 0 Å². The zero-order chi connectivity index (χ0) is 14.3. The van der Waals surface area contributed by atoms with Crippen molar-refractivity contribution in [2.24, 2.45) is 5.92 Å². The quantitative estimate of drug-likeness (QED) is 0.688. The molecule has 1 saturated carbocycles. The average molecular weight is 290 g/mol. The van der Waals surface area contributed by atoms with E-state index in [1.165, 1.54) is 25.5 Å². The maximum absolute atomic E-state index is 12.2. The molecule has 1 fully saturated rings. The Labute approximate surface area is 116 Å². The Morgan fingerprint density at radius 2 is 1.89 bits per heavy atom. The fraction of sp³-hybridized carbons (Fsp3) is 0.929. The van der Waals surface area contributed by atoms with Crippen molar-refractivity contribution < 1.29 is 17.9 Å². The summed E-state index contributed by atoms with van der Waals surface area (Å²) in [6.45, 7) is 2.44. The highest BCUT2D eigenvalue weighted by atomic mass is 32.2. The van der Waals surface area contributed by atoms with Crippen molar-refractivity contribution in [2.75, 3.05) is 18.6 Å². The predicted molar refractivity (Wildman–Crippen MR) is 75.9 cm³/mol. The van der Waals surface area contributed by atoms with Crippen molar-refractivity contribution in [3.05, 3.63) is 0 Å². The third kappa shape index (κ3) is 6.52. The molecule has 0 aromatic carbocycles. The normalized spacial score (nSPS) is 19.3. The SMILES string of the molecule is CCOC(C(=O)CCCS(C)(=O)=O)C1CCCCC1. The van der Waals surface area contributed by atoms with Crippen LogP contribution in [0.2, 0.25) is 0 Å². The van der Waals surface area contributed by atoms with Gasteiger partial charge in [0.2, 0.25) is 0 Å². The van der Waals surface area contributed by atoms with Crippen LogP contribution in [0.5, 0.6) is 0 Å². The summed E-state index contributed by atoms with van der Waals surface area (Å²) < 4.78 is 27.8. The van der Waals surface area contributed by atoms with E-state index in [0.29, 0.717) is 25.4 Å². The first-order valence-electron chi connectivity index (χ1n) is 7.26. The largest absolute Gasteiger partial charge is 0.370 e. The number of hydrogen-bond acceptors (Lipinski definition) is 4. The van der Waals surface area contributed by atoms with Gasteiger partial charge >= 0.3 is 0 Å². The van der Waals surface area contributed by atoms with Gasteiger partial charge < -0.3 is 4.74 Å². The summed E-state index contributed by atoms with van der Waals surface area (Å²) in [5, 5.41) is 0. The molecule has 19 heavy (non-hydrogen) atoms.